The quantitative estimate of drug-likeness (QED) is 0.824. The zero-order valence-electron chi connectivity index (χ0n) is 11.6. The van der Waals surface area contributed by atoms with Gasteiger partial charge in [0.1, 0.15) is 0 Å². The van der Waals surface area contributed by atoms with E-state index in [-0.39, 0.29) is 0 Å². The van der Waals surface area contributed by atoms with Gasteiger partial charge in [-0.25, -0.2) is 0 Å². The molecule has 0 amide bonds. The molecule has 1 N–H and O–H groups in total. The topological polar surface area (TPSA) is 42.3 Å². The zero-order chi connectivity index (χ0) is 13.0. The van der Waals surface area contributed by atoms with Crippen LogP contribution < -0.4 is 5.32 Å². The standard InChI is InChI=1S/C13H24N4O/c1-4-11-7-12(16(3)15-11)9-17-5-6-18-10-13(17)8-14-2/h7,13-14H,4-6,8-10H2,1-3H3. The lowest BCUT2D eigenvalue weighted by Gasteiger charge is -2.35. The first-order valence-electron chi connectivity index (χ1n) is 6.72. The van der Waals surface area contributed by atoms with Gasteiger partial charge in [-0.1, -0.05) is 6.92 Å². The Morgan fingerprint density at radius 1 is 1.56 bits per heavy atom. The Morgan fingerprint density at radius 2 is 2.39 bits per heavy atom. The summed E-state index contributed by atoms with van der Waals surface area (Å²) in [7, 11) is 4.02. The van der Waals surface area contributed by atoms with Gasteiger partial charge < -0.3 is 10.1 Å². The molecule has 1 atom stereocenters. The zero-order valence-corrected chi connectivity index (χ0v) is 11.6. The molecule has 2 heterocycles. The van der Waals surface area contributed by atoms with E-state index in [1.807, 2.05) is 18.8 Å². The summed E-state index contributed by atoms with van der Waals surface area (Å²) in [6.07, 6.45) is 0.997. The number of aryl methyl sites for hydroxylation is 2. The van der Waals surface area contributed by atoms with E-state index >= 15 is 0 Å². The van der Waals surface area contributed by atoms with E-state index in [1.165, 1.54) is 11.4 Å². The van der Waals surface area contributed by atoms with Crippen molar-refractivity contribution in [3.63, 3.8) is 0 Å². The van der Waals surface area contributed by atoms with Gasteiger partial charge >= 0.3 is 0 Å². The lowest BCUT2D eigenvalue weighted by Crippen LogP contribution is -2.49. The number of nitrogens with zero attached hydrogens (tertiary/aromatic N) is 3. The minimum Gasteiger partial charge on any atom is -0.378 e. The highest BCUT2D eigenvalue weighted by atomic mass is 16.5. The Bertz CT molecular complexity index is 375. The molecule has 18 heavy (non-hydrogen) atoms. The molecule has 102 valence electrons. The molecule has 2 rings (SSSR count). The molecule has 1 saturated heterocycles. The molecular weight excluding hydrogens is 228 g/mol. The first-order valence-corrected chi connectivity index (χ1v) is 6.72. The normalized spacial score (nSPS) is 21.4. The van der Waals surface area contributed by atoms with Gasteiger partial charge in [-0.15, -0.1) is 0 Å². The Labute approximate surface area is 109 Å². The molecule has 0 spiro atoms. The number of nitrogens with one attached hydrogen (secondary N) is 1. The monoisotopic (exact) mass is 252 g/mol. The van der Waals surface area contributed by atoms with Gasteiger partial charge in [-0.3, -0.25) is 9.58 Å². The van der Waals surface area contributed by atoms with Crippen LogP contribution in [0.15, 0.2) is 6.07 Å². The maximum absolute atomic E-state index is 5.56. The number of rotatable bonds is 5. The van der Waals surface area contributed by atoms with E-state index < -0.39 is 0 Å². The van der Waals surface area contributed by atoms with Gasteiger partial charge in [0, 0.05) is 32.7 Å². The second-order valence-corrected chi connectivity index (χ2v) is 4.86. The summed E-state index contributed by atoms with van der Waals surface area (Å²) >= 11 is 0. The summed E-state index contributed by atoms with van der Waals surface area (Å²) in [6.45, 7) is 6.72. The van der Waals surface area contributed by atoms with Crippen LogP contribution in [-0.4, -0.2) is 54.1 Å². The third-order valence-electron chi connectivity index (χ3n) is 3.54. The third kappa shape index (κ3) is 3.10. The fourth-order valence-electron chi connectivity index (χ4n) is 2.42. The van der Waals surface area contributed by atoms with Crippen LogP contribution in [0.3, 0.4) is 0 Å². The van der Waals surface area contributed by atoms with Crippen LogP contribution in [0.25, 0.3) is 0 Å². The Hall–Kier alpha value is -0.910. The minimum atomic E-state index is 0.462. The summed E-state index contributed by atoms with van der Waals surface area (Å²) in [5.41, 5.74) is 2.46. The van der Waals surface area contributed by atoms with Crippen molar-refractivity contribution >= 4 is 0 Å². The molecule has 1 aliphatic rings. The molecule has 5 heteroatoms. The van der Waals surface area contributed by atoms with Gasteiger partial charge in [-0.05, 0) is 19.5 Å². The van der Waals surface area contributed by atoms with Crippen molar-refractivity contribution < 1.29 is 4.74 Å². The average Bonchev–Trinajstić information content (AvgIpc) is 2.73. The average molecular weight is 252 g/mol. The van der Waals surface area contributed by atoms with E-state index in [1.54, 1.807) is 0 Å². The van der Waals surface area contributed by atoms with Crippen molar-refractivity contribution in [3.8, 4) is 0 Å². The van der Waals surface area contributed by atoms with Gasteiger partial charge in [0.2, 0.25) is 0 Å². The Kier molecular flexibility index (Phi) is 4.74. The Morgan fingerprint density at radius 3 is 3.06 bits per heavy atom. The van der Waals surface area contributed by atoms with E-state index in [4.69, 9.17) is 4.74 Å². The predicted molar refractivity (Wildman–Crippen MR) is 71.5 cm³/mol. The van der Waals surface area contributed by atoms with Gasteiger partial charge in [0.25, 0.3) is 0 Å². The molecule has 5 nitrogen and oxygen atoms in total. The highest BCUT2D eigenvalue weighted by molar-refractivity contribution is 5.10. The second-order valence-electron chi connectivity index (χ2n) is 4.86. The maximum Gasteiger partial charge on any atom is 0.0635 e. The maximum atomic E-state index is 5.56. The van der Waals surface area contributed by atoms with Crippen LogP contribution in [0.1, 0.15) is 18.3 Å². The molecule has 1 aromatic rings. The number of hydrogen-bond donors (Lipinski definition) is 1. The van der Waals surface area contributed by atoms with Crippen molar-refractivity contribution in [1.82, 2.24) is 20.0 Å². The van der Waals surface area contributed by atoms with Crippen molar-refractivity contribution in [2.24, 2.45) is 7.05 Å². The van der Waals surface area contributed by atoms with Gasteiger partial charge in [0.05, 0.1) is 24.6 Å². The number of morpholine rings is 1. The van der Waals surface area contributed by atoms with Gasteiger partial charge in [0.15, 0.2) is 0 Å². The van der Waals surface area contributed by atoms with Crippen molar-refractivity contribution in [3.05, 3.63) is 17.5 Å². The molecular formula is C13H24N4O. The highest BCUT2D eigenvalue weighted by Gasteiger charge is 2.23. The number of ether oxygens (including phenoxy) is 1. The lowest BCUT2D eigenvalue weighted by molar-refractivity contribution is -0.0113. The smallest absolute Gasteiger partial charge is 0.0635 e. The van der Waals surface area contributed by atoms with Crippen molar-refractivity contribution in [2.75, 3.05) is 33.4 Å². The fourth-order valence-corrected chi connectivity index (χ4v) is 2.42. The van der Waals surface area contributed by atoms with E-state index in [0.717, 1.165) is 39.3 Å². The molecule has 0 aromatic carbocycles. The molecule has 1 aliphatic heterocycles. The van der Waals surface area contributed by atoms with Crippen LogP contribution in [-0.2, 0) is 24.8 Å². The van der Waals surface area contributed by atoms with E-state index in [9.17, 15) is 0 Å². The molecule has 1 aromatic heterocycles. The largest absolute Gasteiger partial charge is 0.378 e. The summed E-state index contributed by atoms with van der Waals surface area (Å²) in [5, 5.41) is 7.75. The lowest BCUT2D eigenvalue weighted by atomic mass is 10.2. The van der Waals surface area contributed by atoms with Gasteiger partial charge in [-0.2, -0.15) is 5.10 Å². The predicted octanol–water partition coefficient (Wildman–Crippen LogP) is 0.403. The van der Waals surface area contributed by atoms with Crippen LogP contribution in [0.2, 0.25) is 0 Å². The fraction of sp³-hybridized carbons (Fsp3) is 0.769. The van der Waals surface area contributed by atoms with Crippen LogP contribution in [0.4, 0.5) is 0 Å². The van der Waals surface area contributed by atoms with Crippen LogP contribution in [0.5, 0.6) is 0 Å². The summed E-state index contributed by atoms with van der Waals surface area (Å²) in [5.74, 6) is 0. The van der Waals surface area contributed by atoms with Crippen molar-refractivity contribution in [2.45, 2.75) is 25.9 Å². The minimum absolute atomic E-state index is 0.462. The summed E-state index contributed by atoms with van der Waals surface area (Å²) < 4.78 is 7.56. The van der Waals surface area contributed by atoms with E-state index in [0.29, 0.717) is 6.04 Å². The number of hydrogen-bond acceptors (Lipinski definition) is 4. The molecule has 0 aliphatic carbocycles. The van der Waals surface area contributed by atoms with E-state index in [2.05, 4.69) is 28.3 Å². The summed E-state index contributed by atoms with van der Waals surface area (Å²) in [4.78, 5) is 2.48. The number of likely N-dealkylation sites (N-methyl/N-ethyl adjacent to an activating group) is 1. The van der Waals surface area contributed by atoms with Crippen molar-refractivity contribution in [1.29, 1.82) is 0 Å². The molecule has 0 saturated carbocycles. The first kappa shape index (κ1) is 13.5. The number of aromatic nitrogens is 2. The molecule has 1 fully saturated rings. The second kappa shape index (κ2) is 6.31. The highest BCUT2D eigenvalue weighted by Crippen LogP contribution is 2.13. The van der Waals surface area contributed by atoms with Crippen LogP contribution >= 0.6 is 0 Å². The first-order chi connectivity index (χ1) is 8.74. The van der Waals surface area contributed by atoms with Crippen LogP contribution in [0, 0.1) is 0 Å². The third-order valence-corrected chi connectivity index (χ3v) is 3.54. The molecule has 0 radical (unpaired) electrons. The molecule has 0 bridgehead atoms. The SMILES string of the molecule is CCc1cc(CN2CCOCC2CNC)n(C)n1. The molecule has 1 unspecified atom stereocenters. The summed E-state index contributed by atoms with van der Waals surface area (Å²) in [6, 6.07) is 2.68. The Balaban J connectivity index is 2.03.